The van der Waals surface area contributed by atoms with Crippen LogP contribution in [0.25, 0.3) is 22.2 Å². The van der Waals surface area contributed by atoms with E-state index in [-0.39, 0.29) is 5.56 Å². The van der Waals surface area contributed by atoms with Gasteiger partial charge in [-0.25, -0.2) is 4.63 Å². The van der Waals surface area contributed by atoms with E-state index in [2.05, 4.69) is 10.3 Å². The van der Waals surface area contributed by atoms with Gasteiger partial charge in [-0.1, -0.05) is 18.2 Å². The van der Waals surface area contributed by atoms with E-state index in [1.54, 1.807) is 32.0 Å². The molecular formula is C20H22F3N3O3. The lowest BCUT2D eigenvalue weighted by Gasteiger charge is -2.24. The molecular weight excluding hydrogens is 387 g/mol. The van der Waals surface area contributed by atoms with Gasteiger partial charge in [0.1, 0.15) is 5.52 Å². The third-order valence-electron chi connectivity index (χ3n) is 4.66. The number of halogens is 3. The van der Waals surface area contributed by atoms with Gasteiger partial charge in [0, 0.05) is 13.6 Å². The maximum atomic E-state index is 12.9. The van der Waals surface area contributed by atoms with Crippen molar-refractivity contribution < 1.29 is 28.0 Å². The zero-order valence-electron chi connectivity index (χ0n) is 16.2. The van der Waals surface area contributed by atoms with Gasteiger partial charge in [0.2, 0.25) is 0 Å². The van der Waals surface area contributed by atoms with Crippen molar-refractivity contribution >= 4 is 16.7 Å². The Balaban J connectivity index is 2.01. The highest BCUT2D eigenvalue weighted by atomic mass is 19.4. The Morgan fingerprint density at radius 1 is 1.10 bits per heavy atom. The standard InChI is InChI=1S/C20H22F3N3O3/c1-19(2,28)7-8-26(3)16-11-14(10-15-17(16)25-29-24-15)12-5-4-6-13(9-12)18(27)20(21,22)23/h4-6,9-11,18,27-28H,7-8H2,1-3H3. The highest BCUT2D eigenvalue weighted by molar-refractivity contribution is 5.92. The summed E-state index contributed by atoms with van der Waals surface area (Å²) in [6.45, 7) is 3.94. The van der Waals surface area contributed by atoms with Gasteiger partial charge in [0.25, 0.3) is 0 Å². The van der Waals surface area contributed by atoms with E-state index < -0.39 is 17.9 Å². The van der Waals surface area contributed by atoms with Gasteiger partial charge in [0.05, 0.1) is 11.3 Å². The van der Waals surface area contributed by atoms with Crippen molar-refractivity contribution in [3.8, 4) is 11.1 Å². The van der Waals surface area contributed by atoms with Crippen LogP contribution >= 0.6 is 0 Å². The minimum absolute atomic E-state index is 0.245. The molecule has 0 amide bonds. The summed E-state index contributed by atoms with van der Waals surface area (Å²) in [6.07, 6.45) is -6.82. The molecule has 3 aromatic rings. The van der Waals surface area contributed by atoms with Crippen molar-refractivity contribution in [2.45, 2.75) is 38.1 Å². The summed E-state index contributed by atoms with van der Waals surface area (Å²) in [5, 5.41) is 27.3. The van der Waals surface area contributed by atoms with Crippen LogP contribution in [0.3, 0.4) is 0 Å². The number of anilines is 1. The summed E-state index contributed by atoms with van der Waals surface area (Å²) in [5.41, 5.74) is 1.64. The number of benzene rings is 2. The Kier molecular flexibility index (Phi) is 5.55. The molecule has 0 spiro atoms. The molecule has 0 aliphatic carbocycles. The van der Waals surface area contributed by atoms with Crippen LogP contribution in [0, 0.1) is 0 Å². The Bertz CT molecular complexity index is 996. The quantitative estimate of drug-likeness (QED) is 0.638. The largest absolute Gasteiger partial charge is 0.418 e. The number of rotatable bonds is 6. The van der Waals surface area contributed by atoms with Crippen LogP contribution in [0.5, 0.6) is 0 Å². The Hall–Kier alpha value is -2.65. The minimum atomic E-state index is -4.75. The van der Waals surface area contributed by atoms with Gasteiger partial charge < -0.3 is 15.1 Å². The van der Waals surface area contributed by atoms with Crippen molar-refractivity contribution in [2.24, 2.45) is 0 Å². The molecule has 0 aliphatic rings. The normalized spacial score (nSPS) is 13.7. The summed E-state index contributed by atoms with van der Waals surface area (Å²) >= 11 is 0. The summed E-state index contributed by atoms with van der Waals surface area (Å²) in [5.74, 6) is 0. The molecule has 2 aromatic carbocycles. The van der Waals surface area contributed by atoms with E-state index in [1.807, 2.05) is 11.9 Å². The first kappa shape index (κ1) is 21.1. The number of aliphatic hydroxyl groups is 2. The van der Waals surface area contributed by atoms with Crippen LogP contribution in [0.4, 0.5) is 18.9 Å². The summed E-state index contributed by atoms with van der Waals surface area (Å²) < 4.78 is 43.5. The van der Waals surface area contributed by atoms with E-state index in [9.17, 15) is 23.4 Å². The molecule has 29 heavy (non-hydrogen) atoms. The Morgan fingerprint density at radius 3 is 2.48 bits per heavy atom. The lowest BCUT2D eigenvalue weighted by Crippen LogP contribution is -2.28. The molecule has 9 heteroatoms. The molecule has 1 unspecified atom stereocenters. The topological polar surface area (TPSA) is 82.6 Å². The van der Waals surface area contributed by atoms with E-state index in [0.717, 1.165) is 0 Å². The van der Waals surface area contributed by atoms with Crippen molar-refractivity contribution in [3.05, 3.63) is 42.0 Å². The van der Waals surface area contributed by atoms with Crippen LogP contribution < -0.4 is 4.90 Å². The molecule has 3 rings (SSSR count). The van der Waals surface area contributed by atoms with Crippen LogP contribution in [-0.4, -0.2) is 45.9 Å². The zero-order chi connectivity index (χ0) is 21.4. The Morgan fingerprint density at radius 2 is 1.83 bits per heavy atom. The number of fused-ring (bicyclic) bond motifs is 1. The average Bonchev–Trinajstić information content (AvgIpc) is 3.12. The van der Waals surface area contributed by atoms with Gasteiger partial charge in [-0.2, -0.15) is 13.2 Å². The van der Waals surface area contributed by atoms with Crippen LogP contribution in [0.15, 0.2) is 41.0 Å². The maximum absolute atomic E-state index is 12.9. The van der Waals surface area contributed by atoms with E-state index in [0.29, 0.717) is 40.8 Å². The number of hydrogen-bond acceptors (Lipinski definition) is 6. The monoisotopic (exact) mass is 409 g/mol. The molecule has 1 aromatic heterocycles. The number of nitrogens with zero attached hydrogens (tertiary/aromatic N) is 3. The third kappa shape index (κ3) is 4.86. The van der Waals surface area contributed by atoms with Crippen molar-refractivity contribution in [1.29, 1.82) is 0 Å². The van der Waals surface area contributed by atoms with E-state index >= 15 is 0 Å². The molecule has 156 valence electrons. The fraction of sp³-hybridized carbons (Fsp3) is 0.400. The molecule has 1 heterocycles. The van der Waals surface area contributed by atoms with Crippen LogP contribution in [0.2, 0.25) is 0 Å². The summed E-state index contributed by atoms with van der Waals surface area (Å²) in [6, 6.07) is 9.08. The lowest BCUT2D eigenvalue weighted by molar-refractivity contribution is -0.206. The smallest absolute Gasteiger partial charge is 0.390 e. The molecule has 0 fully saturated rings. The first-order valence-corrected chi connectivity index (χ1v) is 9.01. The maximum Gasteiger partial charge on any atom is 0.418 e. The van der Waals surface area contributed by atoms with Crippen LogP contribution in [0.1, 0.15) is 31.9 Å². The Labute approximate surface area is 165 Å². The predicted octanol–water partition coefficient (Wildman–Crippen LogP) is 4.08. The van der Waals surface area contributed by atoms with E-state index in [4.69, 9.17) is 4.63 Å². The number of aliphatic hydroxyl groups excluding tert-OH is 1. The fourth-order valence-corrected chi connectivity index (χ4v) is 2.97. The van der Waals surface area contributed by atoms with Gasteiger partial charge >= 0.3 is 6.18 Å². The second kappa shape index (κ2) is 7.64. The van der Waals surface area contributed by atoms with Crippen LogP contribution in [-0.2, 0) is 0 Å². The summed E-state index contributed by atoms with van der Waals surface area (Å²) in [7, 11) is 1.82. The van der Waals surface area contributed by atoms with Gasteiger partial charge in [-0.3, -0.25) is 0 Å². The molecule has 1 atom stereocenters. The molecule has 0 aliphatic heterocycles. The summed E-state index contributed by atoms with van der Waals surface area (Å²) in [4.78, 5) is 1.88. The first-order chi connectivity index (χ1) is 13.5. The fourth-order valence-electron chi connectivity index (χ4n) is 2.97. The SMILES string of the molecule is CN(CCC(C)(C)O)c1cc(-c2cccc(C(O)C(F)(F)F)c2)cc2nonc12. The van der Waals surface area contributed by atoms with Crippen molar-refractivity contribution in [2.75, 3.05) is 18.5 Å². The molecule has 0 saturated heterocycles. The predicted molar refractivity (Wildman–Crippen MR) is 102 cm³/mol. The highest BCUT2D eigenvalue weighted by Gasteiger charge is 2.39. The van der Waals surface area contributed by atoms with Gasteiger partial charge in [-0.15, -0.1) is 0 Å². The zero-order valence-corrected chi connectivity index (χ0v) is 16.2. The second-order valence-electron chi connectivity index (χ2n) is 7.68. The third-order valence-corrected chi connectivity index (χ3v) is 4.66. The second-order valence-corrected chi connectivity index (χ2v) is 7.68. The first-order valence-electron chi connectivity index (χ1n) is 9.01. The molecule has 2 N–H and O–H groups in total. The molecule has 0 bridgehead atoms. The minimum Gasteiger partial charge on any atom is -0.390 e. The number of alkyl halides is 3. The van der Waals surface area contributed by atoms with Gasteiger partial charge in [0.15, 0.2) is 11.6 Å². The lowest BCUT2D eigenvalue weighted by atomic mass is 9.99. The van der Waals surface area contributed by atoms with Gasteiger partial charge in [-0.05, 0) is 65.5 Å². The highest BCUT2D eigenvalue weighted by Crippen LogP contribution is 2.36. The molecule has 6 nitrogen and oxygen atoms in total. The van der Waals surface area contributed by atoms with E-state index in [1.165, 1.54) is 18.2 Å². The van der Waals surface area contributed by atoms with Crippen molar-refractivity contribution in [1.82, 2.24) is 10.3 Å². The number of aromatic nitrogens is 2. The number of hydrogen-bond donors (Lipinski definition) is 2. The molecule has 0 saturated carbocycles. The molecule has 0 radical (unpaired) electrons. The van der Waals surface area contributed by atoms with Crippen molar-refractivity contribution in [3.63, 3.8) is 0 Å². The average molecular weight is 409 g/mol.